The lowest BCUT2D eigenvalue weighted by Crippen LogP contribution is -2.48. The maximum absolute atomic E-state index is 13.8. The molecule has 1 saturated heterocycles. The molecule has 1 aliphatic heterocycles. The van der Waals surface area contributed by atoms with Crippen LogP contribution in [0.1, 0.15) is 38.7 Å². The molecular formula is C19H30ClFN4. The summed E-state index contributed by atoms with van der Waals surface area (Å²) in [6.45, 7) is 9.04. The van der Waals surface area contributed by atoms with Crippen LogP contribution < -0.4 is 10.6 Å². The molecule has 25 heavy (non-hydrogen) atoms. The molecule has 4 nitrogen and oxygen atoms in total. The predicted octanol–water partition coefficient (Wildman–Crippen LogP) is 3.45. The first kappa shape index (κ1) is 20.0. The number of halogens is 2. The molecule has 0 spiro atoms. The summed E-state index contributed by atoms with van der Waals surface area (Å²) in [5.41, 5.74) is 0.539. The highest BCUT2D eigenvalue weighted by atomic mass is 35.5. The molecule has 2 N–H and O–H groups in total. The minimum absolute atomic E-state index is 0.260. The van der Waals surface area contributed by atoms with Gasteiger partial charge in [-0.3, -0.25) is 4.99 Å². The summed E-state index contributed by atoms with van der Waals surface area (Å²) in [4.78, 5) is 7.11. The number of benzene rings is 1. The van der Waals surface area contributed by atoms with Crippen LogP contribution in [0.4, 0.5) is 4.39 Å². The molecule has 0 radical (unpaired) electrons. The highest BCUT2D eigenvalue weighted by Gasteiger charge is 2.19. The molecule has 1 aromatic carbocycles. The molecular weight excluding hydrogens is 339 g/mol. The fraction of sp³-hybridized carbons (Fsp3) is 0.632. The molecule has 140 valence electrons. The van der Waals surface area contributed by atoms with Crippen molar-refractivity contribution in [1.29, 1.82) is 0 Å². The number of piperidine rings is 1. The SMILES string of the molecule is CCCN1CCC(NC(=NCCc2c(F)cccc2Cl)NCC)CC1. The lowest BCUT2D eigenvalue weighted by molar-refractivity contribution is 0.206. The van der Waals surface area contributed by atoms with Crippen molar-refractivity contribution in [2.45, 2.75) is 45.6 Å². The van der Waals surface area contributed by atoms with Gasteiger partial charge in [-0.2, -0.15) is 0 Å². The van der Waals surface area contributed by atoms with Crippen molar-refractivity contribution in [3.63, 3.8) is 0 Å². The first-order valence-electron chi connectivity index (χ1n) is 9.34. The normalized spacial score (nSPS) is 16.9. The molecule has 6 heteroatoms. The summed E-state index contributed by atoms with van der Waals surface area (Å²) < 4.78 is 13.8. The number of aliphatic imine (C=N–C) groups is 1. The number of hydrogen-bond acceptors (Lipinski definition) is 2. The lowest BCUT2D eigenvalue weighted by Gasteiger charge is -2.32. The zero-order valence-electron chi connectivity index (χ0n) is 15.3. The van der Waals surface area contributed by atoms with Crippen molar-refractivity contribution in [2.24, 2.45) is 4.99 Å². The Bertz CT molecular complexity index is 536. The molecule has 0 saturated carbocycles. The highest BCUT2D eigenvalue weighted by Crippen LogP contribution is 2.19. The molecule has 1 heterocycles. The van der Waals surface area contributed by atoms with E-state index in [2.05, 4.69) is 34.4 Å². The topological polar surface area (TPSA) is 39.7 Å². The maximum Gasteiger partial charge on any atom is 0.191 e. The molecule has 0 atom stereocenters. The van der Waals surface area contributed by atoms with Crippen molar-refractivity contribution in [3.8, 4) is 0 Å². The van der Waals surface area contributed by atoms with E-state index < -0.39 is 0 Å². The third-order valence-corrected chi connectivity index (χ3v) is 4.86. The Morgan fingerprint density at radius 2 is 2.08 bits per heavy atom. The van der Waals surface area contributed by atoms with Crippen LogP contribution in [0.25, 0.3) is 0 Å². The van der Waals surface area contributed by atoms with Crippen molar-refractivity contribution in [2.75, 3.05) is 32.7 Å². The van der Waals surface area contributed by atoms with Gasteiger partial charge in [0.05, 0.1) is 0 Å². The van der Waals surface area contributed by atoms with Gasteiger partial charge in [-0.25, -0.2) is 4.39 Å². The van der Waals surface area contributed by atoms with Crippen LogP contribution in [0, 0.1) is 5.82 Å². The number of hydrogen-bond donors (Lipinski definition) is 2. The third kappa shape index (κ3) is 6.48. The molecule has 0 unspecified atom stereocenters. The quantitative estimate of drug-likeness (QED) is 0.572. The first-order chi connectivity index (χ1) is 12.1. The van der Waals surface area contributed by atoms with Gasteiger partial charge >= 0.3 is 0 Å². The Labute approximate surface area is 155 Å². The third-order valence-electron chi connectivity index (χ3n) is 4.51. The zero-order chi connectivity index (χ0) is 18.1. The molecule has 0 aromatic heterocycles. The molecule has 1 fully saturated rings. The van der Waals surface area contributed by atoms with Crippen molar-refractivity contribution in [1.82, 2.24) is 15.5 Å². The summed E-state index contributed by atoms with van der Waals surface area (Å²) in [6, 6.07) is 5.24. The number of nitrogens with zero attached hydrogens (tertiary/aromatic N) is 2. The van der Waals surface area contributed by atoms with E-state index in [1.165, 1.54) is 19.0 Å². The first-order valence-corrected chi connectivity index (χ1v) is 9.71. The maximum atomic E-state index is 13.8. The fourth-order valence-corrected chi connectivity index (χ4v) is 3.44. The number of likely N-dealkylation sites (tertiary alicyclic amines) is 1. The molecule has 0 bridgehead atoms. The van der Waals surface area contributed by atoms with Gasteiger partial charge in [0.15, 0.2) is 5.96 Å². The van der Waals surface area contributed by atoms with Gasteiger partial charge in [0.25, 0.3) is 0 Å². The van der Waals surface area contributed by atoms with Crippen molar-refractivity contribution in [3.05, 3.63) is 34.6 Å². The Hall–Kier alpha value is -1.33. The Kier molecular flexibility index (Phi) is 8.49. The van der Waals surface area contributed by atoms with Gasteiger partial charge in [-0.05, 0) is 51.3 Å². The van der Waals surface area contributed by atoms with Gasteiger partial charge in [0, 0.05) is 42.8 Å². The monoisotopic (exact) mass is 368 g/mol. The molecule has 1 aliphatic rings. The van der Waals surface area contributed by atoms with Crippen LogP contribution in [0.3, 0.4) is 0 Å². The predicted molar refractivity (Wildman–Crippen MR) is 104 cm³/mol. The molecule has 2 rings (SSSR count). The fourth-order valence-electron chi connectivity index (χ4n) is 3.18. The van der Waals surface area contributed by atoms with E-state index in [9.17, 15) is 4.39 Å². The molecule has 0 amide bonds. The standard InChI is InChI=1S/C19H30ClFN4/c1-3-12-25-13-9-15(10-14-25)24-19(22-4-2)23-11-8-16-17(20)6-5-7-18(16)21/h5-7,15H,3-4,8-14H2,1-2H3,(H2,22,23,24). The summed E-state index contributed by atoms with van der Waals surface area (Å²) in [7, 11) is 0. The smallest absolute Gasteiger partial charge is 0.191 e. The minimum atomic E-state index is -0.260. The second kappa shape index (κ2) is 10.6. The second-order valence-electron chi connectivity index (χ2n) is 6.47. The number of nitrogens with one attached hydrogen (secondary N) is 2. The van der Waals surface area contributed by atoms with Gasteiger partial charge in [0.1, 0.15) is 5.82 Å². The average molecular weight is 369 g/mol. The molecule has 0 aliphatic carbocycles. The van der Waals surface area contributed by atoms with Gasteiger partial charge in [-0.1, -0.05) is 24.6 Å². The van der Waals surface area contributed by atoms with Gasteiger partial charge in [0.2, 0.25) is 0 Å². The molecule has 1 aromatic rings. The van der Waals surface area contributed by atoms with Crippen molar-refractivity contribution >= 4 is 17.6 Å². The van der Waals surface area contributed by atoms with Crippen LogP contribution in [-0.4, -0.2) is 49.6 Å². The van der Waals surface area contributed by atoms with Crippen LogP contribution >= 0.6 is 11.6 Å². The number of rotatable bonds is 7. The Morgan fingerprint density at radius 1 is 1.32 bits per heavy atom. The van der Waals surface area contributed by atoms with E-state index in [0.717, 1.165) is 38.4 Å². The Balaban J connectivity index is 1.86. The second-order valence-corrected chi connectivity index (χ2v) is 6.88. The minimum Gasteiger partial charge on any atom is -0.357 e. The summed E-state index contributed by atoms with van der Waals surface area (Å²) in [6.07, 6.45) is 3.96. The highest BCUT2D eigenvalue weighted by molar-refractivity contribution is 6.31. The van der Waals surface area contributed by atoms with E-state index in [1.54, 1.807) is 12.1 Å². The van der Waals surface area contributed by atoms with Crippen molar-refractivity contribution < 1.29 is 4.39 Å². The van der Waals surface area contributed by atoms with E-state index in [1.807, 2.05) is 0 Å². The van der Waals surface area contributed by atoms with Crippen LogP contribution in [-0.2, 0) is 6.42 Å². The van der Waals surface area contributed by atoms with E-state index in [-0.39, 0.29) is 5.82 Å². The summed E-state index contributed by atoms with van der Waals surface area (Å²) in [5, 5.41) is 7.27. The summed E-state index contributed by atoms with van der Waals surface area (Å²) in [5.74, 6) is 0.549. The van der Waals surface area contributed by atoms with E-state index in [0.29, 0.717) is 29.6 Å². The zero-order valence-corrected chi connectivity index (χ0v) is 16.1. The van der Waals surface area contributed by atoms with E-state index >= 15 is 0 Å². The number of guanidine groups is 1. The summed E-state index contributed by atoms with van der Waals surface area (Å²) >= 11 is 6.08. The van der Waals surface area contributed by atoms with Gasteiger partial charge in [-0.15, -0.1) is 0 Å². The Morgan fingerprint density at radius 3 is 2.72 bits per heavy atom. The van der Waals surface area contributed by atoms with Gasteiger partial charge < -0.3 is 15.5 Å². The van der Waals surface area contributed by atoms with Crippen LogP contribution in [0.5, 0.6) is 0 Å². The van der Waals surface area contributed by atoms with E-state index in [4.69, 9.17) is 11.6 Å². The lowest BCUT2D eigenvalue weighted by atomic mass is 10.1. The largest absolute Gasteiger partial charge is 0.357 e. The van der Waals surface area contributed by atoms with Crippen LogP contribution in [0.15, 0.2) is 23.2 Å². The van der Waals surface area contributed by atoms with Crippen LogP contribution in [0.2, 0.25) is 5.02 Å². The average Bonchev–Trinajstić information content (AvgIpc) is 2.59.